The number of nitrogens with zero attached hydrogens (tertiary/aromatic N) is 5. The Morgan fingerprint density at radius 1 is 0.964 bits per heavy atom. The summed E-state index contributed by atoms with van der Waals surface area (Å²) in [7, 11) is 0. The quantitative estimate of drug-likeness (QED) is 0.495. The molecular formula is C21H19FN6. The summed E-state index contributed by atoms with van der Waals surface area (Å²) in [5, 5.41) is 3.32. The minimum absolute atomic E-state index is 0.312. The lowest BCUT2D eigenvalue weighted by molar-refractivity contribution is 0.630. The summed E-state index contributed by atoms with van der Waals surface area (Å²) in [6.45, 7) is 1.58. The molecule has 7 heteroatoms. The van der Waals surface area contributed by atoms with E-state index in [4.69, 9.17) is 0 Å². The molecule has 0 fully saturated rings. The fraction of sp³-hybridized carbons (Fsp3) is 0.143. The maximum absolute atomic E-state index is 14.3. The Labute approximate surface area is 162 Å². The van der Waals surface area contributed by atoms with Crippen LogP contribution in [0.3, 0.4) is 0 Å². The first-order valence-corrected chi connectivity index (χ1v) is 9.03. The highest BCUT2D eigenvalue weighted by atomic mass is 19.1. The average molecular weight is 374 g/mol. The van der Waals surface area contributed by atoms with E-state index in [2.05, 4.69) is 25.3 Å². The number of nitrogens with one attached hydrogen (secondary N) is 1. The van der Waals surface area contributed by atoms with Gasteiger partial charge in [-0.3, -0.25) is 4.98 Å². The SMILES string of the molecule is Fc1ccccc1-c1cc(NCCCn2ccnc2)nc(-c2ccncc2)n1. The maximum atomic E-state index is 14.3. The molecule has 140 valence electrons. The first kappa shape index (κ1) is 17.8. The number of rotatable bonds is 7. The third-order valence-electron chi connectivity index (χ3n) is 4.27. The van der Waals surface area contributed by atoms with Crippen molar-refractivity contribution in [3.8, 4) is 22.6 Å². The number of aryl methyl sites for hydroxylation is 1. The number of hydrogen-bond donors (Lipinski definition) is 1. The van der Waals surface area contributed by atoms with Crippen LogP contribution >= 0.6 is 0 Å². The highest BCUT2D eigenvalue weighted by Crippen LogP contribution is 2.26. The normalized spacial score (nSPS) is 10.8. The molecule has 0 unspecified atom stereocenters. The number of pyridine rings is 1. The Balaban J connectivity index is 1.59. The molecule has 3 aromatic heterocycles. The van der Waals surface area contributed by atoms with Crippen molar-refractivity contribution in [2.75, 3.05) is 11.9 Å². The minimum atomic E-state index is -0.312. The van der Waals surface area contributed by atoms with E-state index in [-0.39, 0.29) is 5.82 Å². The van der Waals surface area contributed by atoms with Crippen LogP contribution in [0.4, 0.5) is 10.2 Å². The van der Waals surface area contributed by atoms with Gasteiger partial charge < -0.3 is 9.88 Å². The van der Waals surface area contributed by atoms with Gasteiger partial charge in [-0.05, 0) is 30.7 Å². The predicted molar refractivity (Wildman–Crippen MR) is 106 cm³/mol. The third-order valence-corrected chi connectivity index (χ3v) is 4.27. The van der Waals surface area contributed by atoms with Gasteiger partial charge in [0.1, 0.15) is 11.6 Å². The van der Waals surface area contributed by atoms with Crippen LogP contribution in [-0.2, 0) is 6.54 Å². The molecule has 0 atom stereocenters. The van der Waals surface area contributed by atoms with Gasteiger partial charge in [-0.15, -0.1) is 0 Å². The largest absolute Gasteiger partial charge is 0.370 e. The summed E-state index contributed by atoms with van der Waals surface area (Å²) in [5.41, 5.74) is 1.81. The fourth-order valence-electron chi connectivity index (χ4n) is 2.87. The highest BCUT2D eigenvalue weighted by molar-refractivity contribution is 5.67. The molecule has 28 heavy (non-hydrogen) atoms. The molecule has 4 rings (SSSR count). The maximum Gasteiger partial charge on any atom is 0.162 e. The van der Waals surface area contributed by atoms with Crippen LogP contribution in [0.5, 0.6) is 0 Å². The topological polar surface area (TPSA) is 68.5 Å². The van der Waals surface area contributed by atoms with Crippen molar-refractivity contribution in [2.24, 2.45) is 0 Å². The lowest BCUT2D eigenvalue weighted by Crippen LogP contribution is -2.08. The molecule has 0 saturated carbocycles. The lowest BCUT2D eigenvalue weighted by Gasteiger charge is -2.11. The molecule has 0 bridgehead atoms. The molecule has 0 aliphatic rings. The summed E-state index contributed by atoms with van der Waals surface area (Å²) in [6, 6.07) is 12.1. The zero-order valence-corrected chi connectivity index (χ0v) is 15.2. The Hall–Kier alpha value is -3.61. The van der Waals surface area contributed by atoms with E-state index in [0.29, 0.717) is 22.9 Å². The van der Waals surface area contributed by atoms with E-state index in [1.54, 1.807) is 49.2 Å². The predicted octanol–water partition coefficient (Wildman–Crippen LogP) is 4.04. The van der Waals surface area contributed by atoms with Crippen LogP contribution < -0.4 is 5.32 Å². The average Bonchev–Trinajstić information content (AvgIpc) is 3.26. The Morgan fingerprint density at radius 2 is 1.82 bits per heavy atom. The molecule has 6 nitrogen and oxygen atoms in total. The van der Waals surface area contributed by atoms with E-state index >= 15 is 0 Å². The monoisotopic (exact) mass is 374 g/mol. The first-order valence-electron chi connectivity index (χ1n) is 9.03. The van der Waals surface area contributed by atoms with Crippen LogP contribution in [0.2, 0.25) is 0 Å². The summed E-state index contributed by atoms with van der Waals surface area (Å²) in [4.78, 5) is 17.2. The van der Waals surface area contributed by atoms with Crippen molar-refractivity contribution in [3.63, 3.8) is 0 Å². The summed E-state index contributed by atoms with van der Waals surface area (Å²) in [6.07, 6.45) is 9.77. The van der Waals surface area contributed by atoms with Crippen molar-refractivity contribution >= 4 is 5.82 Å². The molecule has 1 aromatic carbocycles. The van der Waals surface area contributed by atoms with Crippen LogP contribution in [0.1, 0.15) is 6.42 Å². The number of anilines is 1. The number of halogens is 1. The van der Waals surface area contributed by atoms with E-state index in [9.17, 15) is 4.39 Å². The lowest BCUT2D eigenvalue weighted by atomic mass is 10.1. The smallest absolute Gasteiger partial charge is 0.162 e. The van der Waals surface area contributed by atoms with Crippen LogP contribution in [0, 0.1) is 5.82 Å². The number of hydrogen-bond acceptors (Lipinski definition) is 5. The highest BCUT2D eigenvalue weighted by Gasteiger charge is 2.11. The van der Waals surface area contributed by atoms with E-state index in [1.807, 2.05) is 22.9 Å². The number of benzene rings is 1. The molecule has 0 saturated heterocycles. The minimum Gasteiger partial charge on any atom is -0.370 e. The number of aromatic nitrogens is 5. The van der Waals surface area contributed by atoms with Gasteiger partial charge in [-0.25, -0.2) is 19.3 Å². The van der Waals surface area contributed by atoms with Crippen LogP contribution in [0.25, 0.3) is 22.6 Å². The van der Waals surface area contributed by atoms with Crippen molar-refractivity contribution in [3.05, 3.63) is 79.4 Å². The van der Waals surface area contributed by atoms with E-state index < -0.39 is 0 Å². The van der Waals surface area contributed by atoms with Gasteiger partial charge in [0.15, 0.2) is 5.82 Å². The van der Waals surface area contributed by atoms with Crippen molar-refractivity contribution in [1.82, 2.24) is 24.5 Å². The Morgan fingerprint density at radius 3 is 2.61 bits per heavy atom. The molecule has 0 amide bonds. The molecule has 0 spiro atoms. The van der Waals surface area contributed by atoms with Crippen LogP contribution in [-0.4, -0.2) is 31.0 Å². The molecule has 0 radical (unpaired) electrons. The van der Waals surface area contributed by atoms with Crippen LogP contribution in [0.15, 0.2) is 73.6 Å². The zero-order valence-electron chi connectivity index (χ0n) is 15.2. The standard InChI is InChI=1S/C21H19FN6/c22-18-5-2-1-4-17(18)19-14-20(25-8-3-12-28-13-11-24-15-28)27-21(26-19)16-6-9-23-10-7-16/h1-2,4-7,9-11,13-15H,3,8,12H2,(H,25,26,27). The fourth-order valence-corrected chi connectivity index (χ4v) is 2.87. The van der Waals surface area contributed by atoms with Gasteiger partial charge in [0.25, 0.3) is 0 Å². The molecule has 1 N–H and O–H groups in total. The van der Waals surface area contributed by atoms with Gasteiger partial charge >= 0.3 is 0 Å². The Bertz CT molecular complexity index is 1030. The molecule has 0 aliphatic carbocycles. The number of imidazole rings is 1. The first-order chi connectivity index (χ1) is 13.8. The van der Waals surface area contributed by atoms with Gasteiger partial charge in [0.05, 0.1) is 12.0 Å². The van der Waals surface area contributed by atoms with E-state index in [1.165, 1.54) is 6.07 Å². The second-order valence-corrected chi connectivity index (χ2v) is 6.26. The molecular weight excluding hydrogens is 355 g/mol. The second-order valence-electron chi connectivity index (χ2n) is 6.26. The molecule has 3 heterocycles. The summed E-state index contributed by atoms with van der Waals surface area (Å²) >= 11 is 0. The van der Waals surface area contributed by atoms with E-state index in [0.717, 1.165) is 25.1 Å². The van der Waals surface area contributed by atoms with Gasteiger partial charge in [-0.1, -0.05) is 12.1 Å². The third kappa shape index (κ3) is 4.20. The van der Waals surface area contributed by atoms with Crippen molar-refractivity contribution in [1.29, 1.82) is 0 Å². The second kappa shape index (κ2) is 8.39. The summed E-state index contributed by atoms with van der Waals surface area (Å²) in [5.74, 6) is 0.874. The van der Waals surface area contributed by atoms with Crippen molar-refractivity contribution in [2.45, 2.75) is 13.0 Å². The van der Waals surface area contributed by atoms with Gasteiger partial charge in [-0.2, -0.15) is 0 Å². The van der Waals surface area contributed by atoms with Gasteiger partial charge in [0, 0.05) is 55.1 Å². The molecule has 0 aliphatic heterocycles. The van der Waals surface area contributed by atoms with Crippen molar-refractivity contribution < 1.29 is 4.39 Å². The molecule has 4 aromatic rings. The zero-order chi connectivity index (χ0) is 19.2. The van der Waals surface area contributed by atoms with Gasteiger partial charge in [0.2, 0.25) is 0 Å². The summed E-state index contributed by atoms with van der Waals surface area (Å²) < 4.78 is 16.3. The Kier molecular flexibility index (Phi) is 5.33.